The molecule has 9 heteroatoms. The Morgan fingerprint density at radius 1 is 0.966 bits per heavy atom. The molecule has 0 aliphatic rings. The Hall–Kier alpha value is -3.75. The fraction of sp³-hybridized carbons (Fsp3) is 0.100. The number of benzene rings is 1. The molecule has 0 bridgehead atoms. The van der Waals surface area contributed by atoms with E-state index in [4.69, 9.17) is 0 Å². The van der Waals surface area contributed by atoms with E-state index in [9.17, 15) is 13.2 Å². The van der Waals surface area contributed by atoms with Crippen LogP contribution in [-0.4, -0.2) is 32.2 Å². The largest absolute Gasteiger partial charge is 0.416 e. The maximum atomic E-state index is 13.0. The number of pyridine rings is 2. The number of hydrogen-bond acceptors (Lipinski definition) is 5. The van der Waals surface area contributed by atoms with Gasteiger partial charge in [0.2, 0.25) is 0 Å². The van der Waals surface area contributed by atoms with Crippen molar-refractivity contribution in [3.63, 3.8) is 0 Å². The van der Waals surface area contributed by atoms with Crippen molar-refractivity contribution in [1.29, 1.82) is 0 Å². The molecule has 0 aliphatic carbocycles. The van der Waals surface area contributed by atoms with Crippen LogP contribution in [0.4, 0.5) is 24.7 Å². The quantitative estimate of drug-likeness (QED) is 0.541. The summed E-state index contributed by atoms with van der Waals surface area (Å²) >= 11 is 0. The standard InChI is InChI=1S/C20H15F3N6/c1-29(15-7-10-24-11-8-15)19-16(6-3-9-25-19)18-26-17(27-28-18)13-4-2-5-14(12-13)20(21,22)23/h2-12H,1H3,(H,26,27,28). The lowest BCUT2D eigenvalue weighted by atomic mass is 10.1. The first-order chi connectivity index (χ1) is 13.9. The van der Waals surface area contributed by atoms with Crippen LogP contribution in [0.1, 0.15) is 5.56 Å². The molecule has 4 aromatic rings. The van der Waals surface area contributed by atoms with E-state index in [-0.39, 0.29) is 11.4 Å². The molecule has 4 rings (SSSR count). The number of hydrogen-bond donors (Lipinski definition) is 1. The minimum absolute atomic E-state index is 0.174. The Labute approximate surface area is 164 Å². The van der Waals surface area contributed by atoms with Gasteiger partial charge in [-0.3, -0.25) is 10.1 Å². The highest BCUT2D eigenvalue weighted by atomic mass is 19.4. The number of aromatic amines is 1. The van der Waals surface area contributed by atoms with Crippen molar-refractivity contribution in [1.82, 2.24) is 25.1 Å². The van der Waals surface area contributed by atoms with E-state index < -0.39 is 11.7 Å². The molecule has 0 saturated carbocycles. The van der Waals surface area contributed by atoms with Crippen molar-refractivity contribution in [2.24, 2.45) is 0 Å². The molecular formula is C20H15F3N6. The van der Waals surface area contributed by atoms with Gasteiger partial charge in [0, 0.05) is 36.9 Å². The molecule has 6 nitrogen and oxygen atoms in total. The first-order valence-corrected chi connectivity index (χ1v) is 8.62. The van der Waals surface area contributed by atoms with Gasteiger partial charge in [0.1, 0.15) is 5.82 Å². The fourth-order valence-electron chi connectivity index (χ4n) is 2.88. The maximum Gasteiger partial charge on any atom is 0.416 e. The molecule has 3 heterocycles. The highest BCUT2D eigenvalue weighted by Crippen LogP contribution is 2.33. The zero-order valence-corrected chi connectivity index (χ0v) is 15.2. The summed E-state index contributed by atoms with van der Waals surface area (Å²) < 4.78 is 39.0. The highest BCUT2D eigenvalue weighted by molar-refractivity contribution is 5.76. The van der Waals surface area contributed by atoms with Gasteiger partial charge >= 0.3 is 6.18 Å². The molecule has 3 aromatic heterocycles. The lowest BCUT2D eigenvalue weighted by molar-refractivity contribution is -0.137. The average Bonchev–Trinajstić information content (AvgIpc) is 3.23. The van der Waals surface area contributed by atoms with Crippen LogP contribution in [0, 0.1) is 0 Å². The van der Waals surface area contributed by atoms with Gasteiger partial charge in [-0.15, -0.1) is 0 Å². The predicted octanol–water partition coefficient (Wildman–Crippen LogP) is 4.72. The van der Waals surface area contributed by atoms with E-state index in [0.717, 1.165) is 17.8 Å². The molecule has 0 aliphatic heterocycles. The van der Waals surface area contributed by atoms with Gasteiger partial charge < -0.3 is 4.90 Å². The Balaban J connectivity index is 1.71. The van der Waals surface area contributed by atoms with E-state index in [2.05, 4.69) is 25.1 Å². The minimum Gasteiger partial charge on any atom is -0.329 e. The van der Waals surface area contributed by atoms with Gasteiger partial charge in [-0.25, -0.2) is 9.97 Å². The SMILES string of the molecule is CN(c1ccncc1)c1ncccc1-c1nc(-c2cccc(C(F)(F)F)c2)n[nH]1. The van der Waals surface area contributed by atoms with Crippen molar-refractivity contribution in [2.45, 2.75) is 6.18 Å². The molecule has 1 aromatic carbocycles. The first-order valence-electron chi connectivity index (χ1n) is 8.62. The number of halogens is 3. The van der Waals surface area contributed by atoms with Gasteiger partial charge in [0.25, 0.3) is 0 Å². The monoisotopic (exact) mass is 396 g/mol. The number of rotatable bonds is 4. The van der Waals surface area contributed by atoms with Crippen LogP contribution in [0.25, 0.3) is 22.8 Å². The summed E-state index contributed by atoms with van der Waals surface area (Å²) in [6.07, 6.45) is 0.572. The van der Waals surface area contributed by atoms with Crippen molar-refractivity contribution >= 4 is 11.5 Å². The van der Waals surface area contributed by atoms with Gasteiger partial charge in [-0.1, -0.05) is 12.1 Å². The molecule has 0 spiro atoms. The van der Waals surface area contributed by atoms with Crippen LogP contribution >= 0.6 is 0 Å². The highest BCUT2D eigenvalue weighted by Gasteiger charge is 2.30. The molecule has 0 amide bonds. The van der Waals surface area contributed by atoms with Gasteiger partial charge in [-0.2, -0.15) is 18.3 Å². The third kappa shape index (κ3) is 3.79. The van der Waals surface area contributed by atoms with E-state index in [1.807, 2.05) is 30.1 Å². The first kappa shape index (κ1) is 18.6. The smallest absolute Gasteiger partial charge is 0.329 e. The van der Waals surface area contributed by atoms with E-state index in [0.29, 0.717) is 17.2 Å². The summed E-state index contributed by atoms with van der Waals surface area (Å²) in [5, 5.41) is 6.90. The number of nitrogens with zero attached hydrogens (tertiary/aromatic N) is 5. The van der Waals surface area contributed by atoms with Crippen molar-refractivity contribution in [2.75, 3.05) is 11.9 Å². The summed E-state index contributed by atoms with van der Waals surface area (Å²) in [5.74, 6) is 1.19. The van der Waals surface area contributed by atoms with Gasteiger partial charge in [0.05, 0.1) is 11.1 Å². The van der Waals surface area contributed by atoms with Crippen LogP contribution in [0.2, 0.25) is 0 Å². The van der Waals surface area contributed by atoms with Crippen LogP contribution < -0.4 is 4.90 Å². The Morgan fingerprint density at radius 3 is 2.52 bits per heavy atom. The summed E-state index contributed by atoms with van der Waals surface area (Å²) in [6, 6.07) is 12.2. The molecule has 0 radical (unpaired) electrons. The molecule has 1 N–H and O–H groups in total. The summed E-state index contributed by atoms with van der Waals surface area (Å²) in [4.78, 5) is 14.7. The second-order valence-electron chi connectivity index (χ2n) is 6.23. The second-order valence-corrected chi connectivity index (χ2v) is 6.23. The van der Waals surface area contributed by atoms with Crippen LogP contribution in [-0.2, 0) is 6.18 Å². The topological polar surface area (TPSA) is 70.6 Å². The molecule has 0 unspecified atom stereocenters. The van der Waals surface area contributed by atoms with Crippen molar-refractivity contribution in [3.8, 4) is 22.8 Å². The van der Waals surface area contributed by atoms with E-state index in [1.165, 1.54) is 12.1 Å². The molecular weight excluding hydrogens is 381 g/mol. The summed E-state index contributed by atoms with van der Waals surface area (Å²) in [5.41, 5.74) is 1.06. The van der Waals surface area contributed by atoms with Gasteiger partial charge in [-0.05, 0) is 36.4 Å². The van der Waals surface area contributed by atoms with Crippen molar-refractivity contribution in [3.05, 3.63) is 72.7 Å². The fourth-order valence-corrected chi connectivity index (χ4v) is 2.88. The number of H-pyrrole nitrogens is 1. The van der Waals surface area contributed by atoms with Crippen LogP contribution in [0.5, 0.6) is 0 Å². The predicted molar refractivity (Wildman–Crippen MR) is 102 cm³/mol. The number of anilines is 2. The van der Waals surface area contributed by atoms with E-state index in [1.54, 1.807) is 24.7 Å². The van der Waals surface area contributed by atoms with Crippen LogP contribution in [0.15, 0.2) is 67.1 Å². The van der Waals surface area contributed by atoms with Gasteiger partial charge in [0.15, 0.2) is 11.6 Å². The summed E-state index contributed by atoms with van der Waals surface area (Å²) in [7, 11) is 1.85. The van der Waals surface area contributed by atoms with Crippen molar-refractivity contribution < 1.29 is 13.2 Å². The number of alkyl halides is 3. The lowest BCUT2D eigenvalue weighted by Gasteiger charge is -2.20. The minimum atomic E-state index is -4.43. The normalized spacial score (nSPS) is 11.4. The molecule has 146 valence electrons. The second kappa shape index (κ2) is 7.34. The molecule has 0 fully saturated rings. The molecule has 0 saturated heterocycles. The summed E-state index contributed by atoms with van der Waals surface area (Å²) in [6.45, 7) is 0. The maximum absolute atomic E-state index is 13.0. The Kier molecular flexibility index (Phi) is 4.71. The van der Waals surface area contributed by atoms with Crippen LogP contribution in [0.3, 0.4) is 0 Å². The molecule has 0 atom stereocenters. The third-order valence-corrected chi connectivity index (χ3v) is 4.34. The zero-order valence-electron chi connectivity index (χ0n) is 15.2. The third-order valence-electron chi connectivity index (χ3n) is 4.34. The number of aromatic nitrogens is 5. The zero-order chi connectivity index (χ0) is 20.4. The Morgan fingerprint density at radius 2 is 1.76 bits per heavy atom. The number of nitrogens with one attached hydrogen (secondary N) is 1. The average molecular weight is 396 g/mol. The lowest BCUT2D eigenvalue weighted by Crippen LogP contribution is -2.12. The van der Waals surface area contributed by atoms with E-state index >= 15 is 0 Å². The molecule has 29 heavy (non-hydrogen) atoms. The Bertz CT molecular complexity index is 1120.